The van der Waals surface area contributed by atoms with E-state index >= 15 is 0 Å². The lowest BCUT2D eigenvalue weighted by molar-refractivity contribution is -0.142. The molecule has 0 aromatic heterocycles. The SMILES string of the molecule is O=C(O)C1CCCN(S(=O)(=O)Cc2ccc(Cl)cc2Cl)C1. The van der Waals surface area contributed by atoms with Crippen molar-refractivity contribution < 1.29 is 18.3 Å². The first-order chi connectivity index (χ1) is 9.79. The fraction of sp³-hybridized carbons (Fsp3) is 0.462. The summed E-state index contributed by atoms with van der Waals surface area (Å²) in [6.45, 7) is 0.361. The summed E-state index contributed by atoms with van der Waals surface area (Å²) in [6, 6.07) is 4.64. The van der Waals surface area contributed by atoms with Crippen LogP contribution in [0.1, 0.15) is 18.4 Å². The van der Waals surface area contributed by atoms with Gasteiger partial charge in [-0.15, -0.1) is 0 Å². The predicted molar refractivity (Wildman–Crippen MR) is 81.0 cm³/mol. The molecule has 1 N–H and O–H groups in total. The van der Waals surface area contributed by atoms with Gasteiger partial charge in [-0.3, -0.25) is 4.79 Å². The van der Waals surface area contributed by atoms with Gasteiger partial charge in [-0.05, 0) is 30.5 Å². The van der Waals surface area contributed by atoms with Gasteiger partial charge in [0.1, 0.15) is 0 Å². The van der Waals surface area contributed by atoms with Gasteiger partial charge in [0.25, 0.3) is 0 Å². The first kappa shape index (κ1) is 16.5. The molecule has 21 heavy (non-hydrogen) atoms. The minimum atomic E-state index is -3.60. The van der Waals surface area contributed by atoms with Crippen molar-refractivity contribution >= 4 is 39.2 Å². The van der Waals surface area contributed by atoms with Crippen molar-refractivity contribution in [1.29, 1.82) is 0 Å². The molecular formula is C13H15Cl2NO4S. The highest BCUT2D eigenvalue weighted by molar-refractivity contribution is 7.88. The van der Waals surface area contributed by atoms with Gasteiger partial charge in [0.05, 0.1) is 11.7 Å². The van der Waals surface area contributed by atoms with Gasteiger partial charge in [0.15, 0.2) is 0 Å². The number of sulfonamides is 1. The molecule has 116 valence electrons. The quantitative estimate of drug-likeness (QED) is 0.904. The number of halogens is 2. The monoisotopic (exact) mass is 351 g/mol. The standard InChI is InChI=1S/C13H15Cl2NO4S/c14-11-4-3-10(12(15)6-11)8-21(19,20)16-5-1-2-9(7-16)13(17)18/h3-4,6,9H,1-2,5,7-8H2,(H,17,18). The Kier molecular flexibility index (Phi) is 5.14. The van der Waals surface area contributed by atoms with E-state index in [4.69, 9.17) is 28.3 Å². The van der Waals surface area contributed by atoms with E-state index in [1.165, 1.54) is 10.4 Å². The minimum Gasteiger partial charge on any atom is -0.481 e. The number of carbonyl (C=O) groups is 1. The van der Waals surface area contributed by atoms with E-state index in [0.717, 1.165) is 0 Å². The summed E-state index contributed by atoms with van der Waals surface area (Å²) in [5.41, 5.74) is 0.457. The highest BCUT2D eigenvalue weighted by Gasteiger charge is 2.32. The first-order valence-corrected chi connectivity index (χ1v) is 8.80. The van der Waals surface area contributed by atoms with E-state index in [-0.39, 0.29) is 17.3 Å². The van der Waals surface area contributed by atoms with E-state index in [2.05, 4.69) is 0 Å². The molecule has 1 heterocycles. The van der Waals surface area contributed by atoms with Crippen molar-refractivity contribution in [2.45, 2.75) is 18.6 Å². The highest BCUT2D eigenvalue weighted by Crippen LogP contribution is 2.26. The van der Waals surface area contributed by atoms with Crippen molar-refractivity contribution in [3.63, 3.8) is 0 Å². The van der Waals surface area contributed by atoms with Crippen molar-refractivity contribution in [3.05, 3.63) is 33.8 Å². The van der Waals surface area contributed by atoms with E-state index < -0.39 is 21.9 Å². The number of carboxylic acids is 1. The van der Waals surface area contributed by atoms with Crippen LogP contribution in [0.3, 0.4) is 0 Å². The molecule has 1 fully saturated rings. The molecule has 0 bridgehead atoms. The van der Waals surface area contributed by atoms with Crippen molar-refractivity contribution in [2.24, 2.45) is 5.92 Å². The molecule has 1 aliphatic rings. The number of benzene rings is 1. The van der Waals surface area contributed by atoms with E-state index in [1.807, 2.05) is 0 Å². The van der Waals surface area contributed by atoms with Crippen LogP contribution in [0, 0.1) is 5.92 Å². The van der Waals surface area contributed by atoms with Crippen LogP contribution in [0.5, 0.6) is 0 Å². The number of aliphatic carboxylic acids is 1. The fourth-order valence-corrected chi connectivity index (χ4v) is 4.52. The largest absolute Gasteiger partial charge is 0.481 e. The lowest BCUT2D eigenvalue weighted by Gasteiger charge is -2.29. The lowest BCUT2D eigenvalue weighted by Crippen LogP contribution is -2.42. The third kappa shape index (κ3) is 4.10. The number of hydrogen-bond acceptors (Lipinski definition) is 3. The first-order valence-electron chi connectivity index (χ1n) is 6.44. The van der Waals surface area contributed by atoms with Gasteiger partial charge in [-0.2, -0.15) is 0 Å². The van der Waals surface area contributed by atoms with Crippen LogP contribution in [-0.2, 0) is 20.6 Å². The average Bonchev–Trinajstić information content (AvgIpc) is 2.42. The topological polar surface area (TPSA) is 74.7 Å². The van der Waals surface area contributed by atoms with Gasteiger partial charge in [0, 0.05) is 23.1 Å². The minimum absolute atomic E-state index is 0.0167. The van der Waals surface area contributed by atoms with Crippen molar-refractivity contribution in [1.82, 2.24) is 4.31 Å². The Labute approximate surface area is 133 Å². The lowest BCUT2D eigenvalue weighted by atomic mass is 10.0. The van der Waals surface area contributed by atoms with E-state index in [9.17, 15) is 13.2 Å². The summed E-state index contributed by atoms with van der Waals surface area (Å²) in [7, 11) is -3.60. The average molecular weight is 352 g/mol. The zero-order chi connectivity index (χ0) is 15.6. The molecule has 1 aromatic carbocycles. The van der Waals surface area contributed by atoms with Crippen LogP contribution in [0.4, 0.5) is 0 Å². The maximum absolute atomic E-state index is 12.4. The van der Waals surface area contributed by atoms with Crippen LogP contribution in [0.15, 0.2) is 18.2 Å². The van der Waals surface area contributed by atoms with E-state index in [1.54, 1.807) is 12.1 Å². The van der Waals surface area contributed by atoms with Crippen molar-refractivity contribution in [3.8, 4) is 0 Å². The third-order valence-electron chi connectivity index (χ3n) is 3.48. The smallest absolute Gasteiger partial charge is 0.307 e. The molecule has 1 atom stereocenters. The Morgan fingerprint density at radius 3 is 2.71 bits per heavy atom. The summed E-state index contributed by atoms with van der Waals surface area (Å²) >= 11 is 11.8. The normalized spacial score (nSPS) is 20.4. The molecule has 0 radical (unpaired) electrons. The Morgan fingerprint density at radius 2 is 2.10 bits per heavy atom. The van der Waals surface area contributed by atoms with Gasteiger partial charge < -0.3 is 5.11 Å². The maximum atomic E-state index is 12.4. The summed E-state index contributed by atoms with van der Waals surface area (Å²) in [5.74, 6) is -1.86. The Morgan fingerprint density at radius 1 is 1.38 bits per heavy atom. The second-order valence-electron chi connectivity index (χ2n) is 5.03. The summed E-state index contributed by atoms with van der Waals surface area (Å²) in [6.07, 6.45) is 1.05. The Bertz CT molecular complexity index is 648. The zero-order valence-electron chi connectivity index (χ0n) is 11.1. The van der Waals surface area contributed by atoms with Gasteiger partial charge in [0.2, 0.25) is 10.0 Å². The molecular weight excluding hydrogens is 337 g/mol. The van der Waals surface area contributed by atoms with Gasteiger partial charge in [-0.25, -0.2) is 12.7 Å². The number of rotatable bonds is 4. The van der Waals surface area contributed by atoms with Crippen LogP contribution in [0.2, 0.25) is 10.0 Å². The van der Waals surface area contributed by atoms with Crippen molar-refractivity contribution in [2.75, 3.05) is 13.1 Å². The third-order valence-corrected chi connectivity index (χ3v) is 5.86. The summed E-state index contributed by atoms with van der Waals surface area (Å²) in [4.78, 5) is 11.0. The molecule has 8 heteroatoms. The van der Waals surface area contributed by atoms with Crippen LogP contribution >= 0.6 is 23.2 Å². The molecule has 2 rings (SSSR count). The zero-order valence-corrected chi connectivity index (χ0v) is 13.5. The summed E-state index contributed by atoms with van der Waals surface area (Å²) in [5, 5.41) is 9.75. The van der Waals surface area contributed by atoms with Gasteiger partial charge >= 0.3 is 5.97 Å². The highest BCUT2D eigenvalue weighted by atomic mass is 35.5. The molecule has 0 amide bonds. The molecule has 1 aromatic rings. The van der Waals surface area contributed by atoms with Crippen LogP contribution in [-0.4, -0.2) is 36.9 Å². The number of hydrogen-bond donors (Lipinski definition) is 1. The molecule has 0 saturated carbocycles. The molecule has 1 unspecified atom stereocenters. The number of nitrogens with zero attached hydrogens (tertiary/aromatic N) is 1. The second-order valence-corrected chi connectivity index (χ2v) is 7.84. The second kappa shape index (κ2) is 6.52. The molecule has 5 nitrogen and oxygen atoms in total. The fourth-order valence-electron chi connectivity index (χ4n) is 2.32. The molecule has 1 aliphatic heterocycles. The summed E-state index contributed by atoms with van der Waals surface area (Å²) < 4.78 is 26.0. The van der Waals surface area contributed by atoms with Crippen LogP contribution < -0.4 is 0 Å². The Balaban J connectivity index is 2.16. The molecule has 1 saturated heterocycles. The number of piperidine rings is 1. The molecule has 0 aliphatic carbocycles. The maximum Gasteiger partial charge on any atom is 0.307 e. The predicted octanol–water partition coefficient (Wildman–Crippen LogP) is 2.62. The number of carboxylic acid groups (broad SMARTS) is 1. The van der Waals surface area contributed by atoms with Gasteiger partial charge in [-0.1, -0.05) is 29.3 Å². The van der Waals surface area contributed by atoms with Crippen LogP contribution in [0.25, 0.3) is 0 Å². The molecule has 0 spiro atoms. The Hall–Kier alpha value is -0.820. The van der Waals surface area contributed by atoms with E-state index in [0.29, 0.717) is 30.0 Å².